The van der Waals surface area contributed by atoms with Gasteiger partial charge >= 0.3 is 6.09 Å². The number of rotatable bonds is 2. The molecule has 5 heteroatoms. The largest absolute Gasteiger partial charge is 0.465 e. The standard InChI is InChI=1S/C5H9NO3.H2O/c1-2-3-4(7)6-5(8)9;/h2-3H2,1H3,(H,6,7)(H,8,9);1H2. The fourth-order valence-electron chi connectivity index (χ4n) is 0.409. The second kappa shape index (κ2) is 6.03. The van der Waals surface area contributed by atoms with Gasteiger partial charge in [0, 0.05) is 6.42 Å². The molecular weight excluding hydrogens is 138 g/mol. The molecule has 0 aromatic carbocycles. The summed E-state index contributed by atoms with van der Waals surface area (Å²) in [5.74, 6) is -0.440. The van der Waals surface area contributed by atoms with Crippen LogP contribution < -0.4 is 5.32 Å². The van der Waals surface area contributed by atoms with Crippen LogP contribution in [0.5, 0.6) is 0 Å². The van der Waals surface area contributed by atoms with Gasteiger partial charge in [0.05, 0.1) is 0 Å². The highest BCUT2D eigenvalue weighted by Gasteiger charge is 2.01. The Kier molecular flexibility index (Phi) is 7.03. The van der Waals surface area contributed by atoms with E-state index in [2.05, 4.69) is 0 Å². The van der Waals surface area contributed by atoms with E-state index in [0.717, 1.165) is 0 Å². The molecule has 10 heavy (non-hydrogen) atoms. The number of hydrogen-bond acceptors (Lipinski definition) is 2. The maximum atomic E-state index is 10.4. The van der Waals surface area contributed by atoms with Gasteiger partial charge in [0.2, 0.25) is 5.91 Å². The van der Waals surface area contributed by atoms with Crippen molar-refractivity contribution in [3.63, 3.8) is 0 Å². The van der Waals surface area contributed by atoms with Crippen LogP contribution in [0.15, 0.2) is 0 Å². The van der Waals surface area contributed by atoms with E-state index >= 15 is 0 Å². The summed E-state index contributed by atoms with van der Waals surface area (Å²) < 4.78 is 0. The molecule has 0 atom stereocenters. The molecule has 0 aromatic rings. The maximum absolute atomic E-state index is 10.4. The van der Waals surface area contributed by atoms with Crippen LogP contribution in [0.25, 0.3) is 0 Å². The summed E-state index contributed by atoms with van der Waals surface area (Å²) in [7, 11) is 0. The van der Waals surface area contributed by atoms with Crippen LogP contribution in [0.3, 0.4) is 0 Å². The van der Waals surface area contributed by atoms with Crippen molar-refractivity contribution in [2.75, 3.05) is 0 Å². The van der Waals surface area contributed by atoms with E-state index in [0.29, 0.717) is 6.42 Å². The highest BCUT2D eigenvalue weighted by atomic mass is 16.4. The summed E-state index contributed by atoms with van der Waals surface area (Å²) in [6, 6.07) is 0. The summed E-state index contributed by atoms with van der Waals surface area (Å²) in [5, 5.41) is 9.70. The zero-order valence-corrected chi connectivity index (χ0v) is 5.68. The monoisotopic (exact) mass is 149 g/mol. The smallest absolute Gasteiger partial charge is 0.411 e. The van der Waals surface area contributed by atoms with E-state index in [-0.39, 0.29) is 11.9 Å². The SMILES string of the molecule is CCCC(=O)NC(=O)O.O. The van der Waals surface area contributed by atoms with Crippen LogP contribution in [0, 0.1) is 0 Å². The molecule has 0 saturated heterocycles. The molecule has 0 spiro atoms. The van der Waals surface area contributed by atoms with Gasteiger partial charge in [-0.1, -0.05) is 6.92 Å². The lowest BCUT2D eigenvalue weighted by Crippen LogP contribution is -2.28. The summed E-state index contributed by atoms with van der Waals surface area (Å²) in [4.78, 5) is 20.1. The van der Waals surface area contributed by atoms with E-state index < -0.39 is 12.0 Å². The van der Waals surface area contributed by atoms with Crippen LogP contribution in [0.2, 0.25) is 0 Å². The van der Waals surface area contributed by atoms with E-state index in [1.807, 2.05) is 0 Å². The number of carboxylic acid groups (broad SMARTS) is 1. The predicted molar refractivity (Wildman–Crippen MR) is 34.7 cm³/mol. The molecule has 0 saturated carbocycles. The van der Waals surface area contributed by atoms with Crippen molar-refractivity contribution in [2.24, 2.45) is 0 Å². The quantitative estimate of drug-likeness (QED) is 0.566. The van der Waals surface area contributed by atoms with E-state index in [1.54, 1.807) is 12.2 Å². The molecule has 5 nitrogen and oxygen atoms in total. The third kappa shape index (κ3) is 6.90. The highest BCUT2D eigenvalue weighted by Crippen LogP contribution is 1.84. The summed E-state index contributed by atoms with van der Waals surface area (Å²) in [6.07, 6.45) is -0.348. The molecule has 0 bridgehead atoms. The van der Waals surface area contributed by atoms with Crippen LogP contribution in [0.1, 0.15) is 19.8 Å². The first kappa shape index (κ1) is 11.7. The Bertz CT molecular complexity index is 123. The number of carbonyl (C=O) groups is 2. The van der Waals surface area contributed by atoms with Gasteiger partial charge in [-0.2, -0.15) is 0 Å². The predicted octanol–water partition coefficient (Wildman–Crippen LogP) is -0.244. The van der Waals surface area contributed by atoms with Gasteiger partial charge in [-0.25, -0.2) is 4.79 Å². The molecule has 2 amide bonds. The molecule has 0 unspecified atom stereocenters. The third-order valence-corrected chi connectivity index (χ3v) is 0.723. The number of carbonyl (C=O) groups excluding carboxylic acids is 1. The van der Waals surface area contributed by atoms with Crippen LogP contribution >= 0.6 is 0 Å². The Hall–Kier alpha value is -1.10. The van der Waals surface area contributed by atoms with Crippen LogP contribution in [-0.2, 0) is 4.79 Å². The lowest BCUT2D eigenvalue weighted by Gasteiger charge is -1.94. The zero-order valence-electron chi connectivity index (χ0n) is 5.68. The Morgan fingerprint density at radius 3 is 2.30 bits per heavy atom. The summed E-state index contributed by atoms with van der Waals surface area (Å²) in [6.45, 7) is 1.81. The minimum absolute atomic E-state index is 0. The van der Waals surface area contributed by atoms with Gasteiger partial charge < -0.3 is 10.6 Å². The van der Waals surface area contributed by atoms with Gasteiger partial charge in [0.25, 0.3) is 0 Å². The minimum Gasteiger partial charge on any atom is -0.465 e. The van der Waals surface area contributed by atoms with E-state index in [9.17, 15) is 9.59 Å². The van der Waals surface area contributed by atoms with Gasteiger partial charge in [0.1, 0.15) is 0 Å². The number of nitrogens with one attached hydrogen (secondary N) is 1. The van der Waals surface area contributed by atoms with Gasteiger partial charge in [-0.05, 0) is 6.42 Å². The molecule has 0 aromatic heterocycles. The molecule has 60 valence electrons. The van der Waals surface area contributed by atoms with Crippen molar-refractivity contribution >= 4 is 12.0 Å². The first-order valence-electron chi connectivity index (χ1n) is 2.69. The Morgan fingerprint density at radius 2 is 2.00 bits per heavy atom. The molecule has 0 aliphatic heterocycles. The molecule has 0 aliphatic rings. The highest BCUT2D eigenvalue weighted by molar-refractivity contribution is 5.90. The molecule has 0 radical (unpaired) electrons. The van der Waals surface area contributed by atoms with E-state index in [4.69, 9.17) is 5.11 Å². The van der Waals surface area contributed by atoms with Crippen molar-refractivity contribution in [2.45, 2.75) is 19.8 Å². The topological polar surface area (TPSA) is 97.9 Å². The molecule has 0 aliphatic carbocycles. The number of hydrogen-bond donors (Lipinski definition) is 2. The summed E-state index contributed by atoms with van der Waals surface area (Å²) in [5.41, 5.74) is 0. The van der Waals surface area contributed by atoms with Gasteiger partial charge in [0.15, 0.2) is 0 Å². The number of amides is 2. The molecule has 0 rings (SSSR count). The maximum Gasteiger partial charge on any atom is 0.411 e. The Balaban J connectivity index is 0. The molecule has 0 heterocycles. The Labute approximate surface area is 58.3 Å². The first-order valence-corrected chi connectivity index (χ1v) is 2.69. The lowest BCUT2D eigenvalue weighted by molar-refractivity contribution is -0.120. The van der Waals surface area contributed by atoms with Crippen molar-refractivity contribution in [3.05, 3.63) is 0 Å². The second-order valence-electron chi connectivity index (χ2n) is 1.60. The first-order chi connectivity index (χ1) is 4.16. The van der Waals surface area contributed by atoms with Gasteiger partial charge in [-0.15, -0.1) is 0 Å². The zero-order chi connectivity index (χ0) is 7.28. The number of imide groups is 1. The fraction of sp³-hybridized carbons (Fsp3) is 0.600. The summed E-state index contributed by atoms with van der Waals surface area (Å²) >= 11 is 0. The minimum atomic E-state index is -1.28. The second-order valence-corrected chi connectivity index (χ2v) is 1.60. The fourth-order valence-corrected chi connectivity index (χ4v) is 0.409. The molecule has 0 fully saturated rings. The Morgan fingerprint density at radius 1 is 1.50 bits per heavy atom. The van der Waals surface area contributed by atoms with Crippen LogP contribution in [-0.4, -0.2) is 22.6 Å². The molecule has 4 N–H and O–H groups in total. The third-order valence-electron chi connectivity index (χ3n) is 0.723. The van der Waals surface area contributed by atoms with Crippen molar-refractivity contribution in [1.29, 1.82) is 0 Å². The van der Waals surface area contributed by atoms with Crippen molar-refractivity contribution < 1.29 is 20.2 Å². The average Bonchev–Trinajstić information content (AvgIpc) is 1.63. The lowest BCUT2D eigenvalue weighted by atomic mass is 10.3. The molecular formula is C5H11NO4. The van der Waals surface area contributed by atoms with Crippen molar-refractivity contribution in [1.82, 2.24) is 5.32 Å². The normalized spacial score (nSPS) is 7.70. The van der Waals surface area contributed by atoms with Crippen molar-refractivity contribution in [3.8, 4) is 0 Å². The van der Waals surface area contributed by atoms with Gasteiger partial charge in [-0.3, -0.25) is 10.1 Å². The van der Waals surface area contributed by atoms with Crippen LogP contribution in [0.4, 0.5) is 4.79 Å². The van der Waals surface area contributed by atoms with E-state index in [1.165, 1.54) is 0 Å². The average molecular weight is 149 g/mol.